The lowest BCUT2D eigenvalue weighted by molar-refractivity contribution is -0.142. The summed E-state index contributed by atoms with van der Waals surface area (Å²) in [6, 6.07) is 0.299. The first-order valence-corrected chi connectivity index (χ1v) is 5.78. The first-order valence-electron chi connectivity index (χ1n) is 5.78. The highest BCUT2D eigenvalue weighted by molar-refractivity contribution is 5.75. The second-order valence-electron chi connectivity index (χ2n) is 5.35. The fourth-order valence-corrected chi connectivity index (χ4v) is 2.16. The van der Waals surface area contributed by atoms with E-state index in [0.717, 1.165) is 12.8 Å². The standard InChI is InChI=1S/C12H23NO2/c1-9(11(14)15-4)13-10-5-7-12(2,3)8-6-10/h9-10,13H,5-8H2,1-4H3. The van der Waals surface area contributed by atoms with Crippen molar-refractivity contribution in [2.75, 3.05) is 7.11 Å². The molecule has 1 unspecified atom stereocenters. The van der Waals surface area contributed by atoms with Crippen molar-refractivity contribution in [3.63, 3.8) is 0 Å². The third-order valence-corrected chi connectivity index (χ3v) is 3.38. The molecular weight excluding hydrogens is 190 g/mol. The van der Waals surface area contributed by atoms with Gasteiger partial charge >= 0.3 is 5.97 Å². The van der Waals surface area contributed by atoms with Crippen LogP contribution in [-0.2, 0) is 9.53 Å². The molecule has 1 rings (SSSR count). The lowest BCUT2D eigenvalue weighted by Gasteiger charge is -2.35. The summed E-state index contributed by atoms with van der Waals surface area (Å²) < 4.78 is 4.69. The zero-order valence-electron chi connectivity index (χ0n) is 10.3. The molecule has 1 aliphatic carbocycles. The molecule has 0 heterocycles. The van der Waals surface area contributed by atoms with Gasteiger partial charge in [-0.1, -0.05) is 13.8 Å². The Labute approximate surface area is 92.6 Å². The van der Waals surface area contributed by atoms with Gasteiger partial charge in [0.05, 0.1) is 7.11 Å². The zero-order valence-corrected chi connectivity index (χ0v) is 10.3. The van der Waals surface area contributed by atoms with E-state index in [1.807, 2.05) is 6.92 Å². The minimum Gasteiger partial charge on any atom is -0.468 e. The van der Waals surface area contributed by atoms with E-state index in [0.29, 0.717) is 11.5 Å². The molecule has 0 radical (unpaired) electrons. The highest BCUT2D eigenvalue weighted by Gasteiger charge is 2.28. The van der Waals surface area contributed by atoms with Crippen molar-refractivity contribution in [1.29, 1.82) is 0 Å². The monoisotopic (exact) mass is 213 g/mol. The van der Waals surface area contributed by atoms with Crippen molar-refractivity contribution in [2.45, 2.75) is 58.5 Å². The van der Waals surface area contributed by atoms with E-state index in [2.05, 4.69) is 19.2 Å². The normalized spacial score (nSPS) is 23.5. The Balaban J connectivity index is 2.32. The molecule has 0 spiro atoms. The molecule has 1 aliphatic rings. The quantitative estimate of drug-likeness (QED) is 0.730. The minimum atomic E-state index is -0.179. The first-order chi connectivity index (χ1) is 6.94. The van der Waals surface area contributed by atoms with Crippen LogP contribution in [0, 0.1) is 5.41 Å². The predicted molar refractivity (Wildman–Crippen MR) is 60.7 cm³/mol. The lowest BCUT2D eigenvalue weighted by atomic mass is 9.75. The number of nitrogens with one attached hydrogen (secondary N) is 1. The molecule has 3 heteroatoms. The third-order valence-electron chi connectivity index (χ3n) is 3.38. The molecule has 88 valence electrons. The van der Waals surface area contributed by atoms with Gasteiger partial charge in [-0.3, -0.25) is 4.79 Å². The zero-order chi connectivity index (χ0) is 11.5. The Morgan fingerprint density at radius 3 is 2.40 bits per heavy atom. The second-order valence-corrected chi connectivity index (χ2v) is 5.35. The fourth-order valence-electron chi connectivity index (χ4n) is 2.16. The van der Waals surface area contributed by atoms with Gasteiger partial charge in [0.15, 0.2) is 0 Å². The summed E-state index contributed by atoms with van der Waals surface area (Å²) in [4.78, 5) is 11.2. The Kier molecular flexibility index (Phi) is 4.14. The average molecular weight is 213 g/mol. The highest BCUT2D eigenvalue weighted by Crippen LogP contribution is 2.35. The maximum Gasteiger partial charge on any atom is 0.322 e. The average Bonchev–Trinajstić information content (AvgIpc) is 2.20. The third kappa shape index (κ3) is 3.82. The van der Waals surface area contributed by atoms with Crippen LogP contribution in [-0.4, -0.2) is 25.2 Å². The summed E-state index contributed by atoms with van der Waals surface area (Å²) in [5.41, 5.74) is 0.479. The summed E-state index contributed by atoms with van der Waals surface area (Å²) in [6.07, 6.45) is 4.79. The summed E-state index contributed by atoms with van der Waals surface area (Å²) in [5, 5.41) is 3.33. The van der Waals surface area contributed by atoms with Crippen LogP contribution < -0.4 is 5.32 Å². The molecule has 3 nitrogen and oxygen atoms in total. The van der Waals surface area contributed by atoms with Crippen LogP contribution in [0.3, 0.4) is 0 Å². The van der Waals surface area contributed by atoms with Gasteiger partial charge in [0.25, 0.3) is 0 Å². The van der Waals surface area contributed by atoms with Crippen LogP contribution in [0.2, 0.25) is 0 Å². The van der Waals surface area contributed by atoms with Gasteiger partial charge in [-0.25, -0.2) is 0 Å². The maximum absolute atomic E-state index is 11.2. The minimum absolute atomic E-state index is 0.167. The Morgan fingerprint density at radius 2 is 1.93 bits per heavy atom. The number of methoxy groups -OCH3 is 1. The number of hydrogen-bond acceptors (Lipinski definition) is 3. The number of carbonyl (C=O) groups excluding carboxylic acids is 1. The molecule has 1 N–H and O–H groups in total. The molecule has 0 bridgehead atoms. The molecule has 0 saturated heterocycles. The van der Waals surface area contributed by atoms with Crippen molar-refractivity contribution >= 4 is 5.97 Å². The second kappa shape index (κ2) is 4.97. The number of carbonyl (C=O) groups is 1. The SMILES string of the molecule is COC(=O)C(C)NC1CCC(C)(C)CC1. The van der Waals surface area contributed by atoms with E-state index in [9.17, 15) is 4.79 Å². The topological polar surface area (TPSA) is 38.3 Å². The van der Waals surface area contributed by atoms with E-state index < -0.39 is 0 Å². The van der Waals surface area contributed by atoms with Gasteiger partial charge in [-0.2, -0.15) is 0 Å². The molecule has 0 aromatic rings. The van der Waals surface area contributed by atoms with Crippen LogP contribution in [0.25, 0.3) is 0 Å². The smallest absolute Gasteiger partial charge is 0.322 e. The number of esters is 1. The molecule has 1 saturated carbocycles. The summed E-state index contributed by atoms with van der Waals surface area (Å²) in [5.74, 6) is -0.167. The van der Waals surface area contributed by atoms with Gasteiger partial charge < -0.3 is 10.1 Å². The van der Waals surface area contributed by atoms with Crippen molar-refractivity contribution in [2.24, 2.45) is 5.41 Å². The van der Waals surface area contributed by atoms with Crippen molar-refractivity contribution in [3.8, 4) is 0 Å². The van der Waals surface area contributed by atoms with Gasteiger partial charge in [-0.05, 0) is 38.0 Å². The molecule has 0 amide bonds. The summed E-state index contributed by atoms with van der Waals surface area (Å²) >= 11 is 0. The van der Waals surface area contributed by atoms with Crippen LogP contribution in [0.5, 0.6) is 0 Å². The van der Waals surface area contributed by atoms with Crippen molar-refractivity contribution in [1.82, 2.24) is 5.32 Å². The lowest BCUT2D eigenvalue weighted by Crippen LogP contribution is -2.44. The van der Waals surface area contributed by atoms with Crippen LogP contribution in [0.15, 0.2) is 0 Å². The van der Waals surface area contributed by atoms with Gasteiger partial charge in [-0.15, -0.1) is 0 Å². The van der Waals surface area contributed by atoms with E-state index in [4.69, 9.17) is 4.74 Å². The molecule has 1 atom stereocenters. The molecule has 15 heavy (non-hydrogen) atoms. The van der Waals surface area contributed by atoms with Crippen LogP contribution in [0.4, 0.5) is 0 Å². The van der Waals surface area contributed by atoms with Crippen molar-refractivity contribution in [3.05, 3.63) is 0 Å². The summed E-state index contributed by atoms with van der Waals surface area (Å²) in [6.45, 7) is 6.49. The van der Waals surface area contributed by atoms with E-state index in [1.165, 1.54) is 20.0 Å². The van der Waals surface area contributed by atoms with E-state index in [-0.39, 0.29) is 12.0 Å². The molecule has 1 fully saturated rings. The molecule has 0 aromatic carbocycles. The molecule has 0 aromatic heterocycles. The van der Waals surface area contributed by atoms with Crippen LogP contribution >= 0.6 is 0 Å². The Hall–Kier alpha value is -0.570. The van der Waals surface area contributed by atoms with Gasteiger partial charge in [0, 0.05) is 6.04 Å². The first kappa shape index (κ1) is 12.5. The Morgan fingerprint density at radius 1 is 1.40 bits per heavy atom. The van der Waals surface area contributed by atoms with Gasteiger partial charge in [0.1, 0.15) is 6.04 Å². The van der Waals surface area contributed by atoms with E-state index >= 15 is 0 Å². The Bertz CT molecular complexity index is 216. The fraction of sp³-hybridized carbons (Fsp3) is 0.917. The highest BCUT2D eigenvalue weighted by atomic mass is 16.5. The molecule has 0 aliphatic heterocycles. The number of rotatable bonds is 3. The largest absolute Gasteiger partial charge is 0.468 e. The predicted octanol–water partition coefficient (Wildman–Crippen LogP) is 2.11. The van der Waals surface area contributed by atoms with Gasteiger partial charge in [0.2, 0.25) is 0 Å². The van der Waals surface area contributed by atoms with Crippen LogP contribution in [0.1, 0.15) is 46.5 Å². The number of ether oxygens (including phenoxy) is 1. The number of hydrogen-bond donors (Lipinski definition) is 1. The summed E-state index contributed by atoms with van der Waals surface area (Å²) in [7, 11) is 1.44. The van der Waals surface area contributed by atoms with E-state index in [1.54, 1.807) is 0 Å². The molecular formula is C12H23NO2. The van der Waals surface area contributed by atoms with Crippen molar-refractivity contribution < 1.29 is 9.53 Å². The maximum atomic E-state index is 11.2.